The minimum atomic E-state index is 0.380. The summed E-state index contributed by atoms with van der Waals surface area (Å²) in [4.78, 5) is 0. The topological polar surface area (TPSA) is 30.5 Å². The first-order valence-electron chi connectivity index (χ1n) is 7.04. The fourth-order valence-corrected chi connectivity index (χ4v) is 2.40. The van der Waals surface area contributed by atoms with E-state index in [0.29, 0.717) is 6.04 Å². The number of ether oxygens (including phenoxy) is 2. The van der Waals surface area contributed by atoms with Gasteiger partial charge in [0.2, 0.25) is 0 Å². The molecule has 19 heavy (non-hydrogen) atoms. The quantitative estimate of drug-likeness (QED) is 0.731. The number of methoxy groups -OCH3 is 1. The second-order valence-electron chi connectivity index (χ2n) is 4.86. The number of hydrogen-bond acceptors (Lipinski definition) is 3. The Labute approximate surface area is 117 Å². The van der Waals surface area contributed by atoms with Crippen LogP contribution in [0.1, 0.15) is 42.5 Å². The molecule has 0 aliphatic carbocycles. The molecule has 0 aliphatic rings. The number of aryl methyl sites for hydroxylation is 2. The lowest BCUT2D eigenvalue weighted by Crippen LogP contribution is -2.18. The molecule has 3 heteroatoms. The van der Waals surface area contributed by atoms with Crippen LogP contribution in [0.3, 0.4) is 0 Å². The van der Waals surface area contributed by atoms with Gasteiger partial charge in [-0.3, -0.25) is 0 Å². The SMILES string of the molecule is CCOCCCC(NC)c1cc(C)c(OC)cc1C. The lowest BCUT2D eigenvalue weighted by molar-refractivity contribution is 0.141. The third kappa shape index (κ3) is 4.51. The minimum Gasteiger partial charge on any atom is -0.496 e. The van der Waals surface area contributed by atoms with Gasteiger partial charge in [-0.25, -0.2) is 0 Å². The summed E-state index contributed by atoms with van der Waals surface area (Å²) in [6, 6.07) is 4.73. The summed E-state index contributed by atoms with van der Waals surface area (Å²) in [5.41, 5.74) is 3.82. The van der Waals surface area contributed by atoms with E-state index in [4.69, 9.17) is 9.47 Å². The molecule has 1 aromatic rings. The van der Waals surface area contributed by atoms with Crippen LogP contribution in [0.4, 0.5) is 0 Å². The molecule has 0 fully saturated rings. The van der Waals surface area contributed by atoms with Crippen LogP contribution in [-0.2, 0) is 4.74 Å². The molecule has 0 bridgehead atoms. The van der Waals surface area contributed by atoms with Gasteiger partial charge in [0, 0.05) is 19.3 Å². The second-order valence-corrected chi connectivity index (χ2v) is 4.86. The van der Waals surface area contributed by atoms with Crippen LogP contribution in [0.25, 0.3) is 0 Å². The Morgan fingerprint density at radius 3 is 2.53 bits per heavy atom. The average molecular weight is 265 g/mol. The predicted octanol–water partition coefficient (Wildman–Crippen LogP) is 3.39. The highest BCUT2D eigenvalue weighted by molar-refractivity contribution is 5.42. The number of hydrogen-bond donors (Lipinski definition) is 1. The van der Waals surface area contributed by atoms with Crippen LogP contribution in [0.2, 0.25) is 0 Å². The maximum absolute atomic E-state index is 5.41. The van der Waals surface area contributed by atoms with E-state index >= 15 is 0 Å². The first-order valence-corrected chi connectivity index (χ1v) is 7.04. The summed E-state index contributed by atoms with van der Waals surface area (Å²) in [6.45, 7) is 7.90. The lowest BCUT2D eigenvalue weighted by Gasteiger charge is -2.20. The maximum atomic E-state index is 5.41. The van der Waals surface area contributed by atoms with Crippen LogP contribution in [0, 0.1) is 13.8 Å². The first kappa shape index (κ1) is 16.0. The molecule has 0 amide bonds. The van der Waals surface area contributed by atoms with Gasteiger partial charge < -0.3 is 14.8 Å². The van der Waals surface area contributed by atoms with Crippen LogP contribution in [0.5, 0.6) is 5.75 Å². The van der Waals surface area contributed by atoms with Gasteiger partial charge in [0.1, 0.15) is 5.75 Å². The largest absolute Gasteiger partial charge is 0.496 e. The molecule has 1 rings (SSSR count). The van der Waals surface area contributed by atoms with E-state index in [-0.39, 0.29) is 0 Å². The van der Waals surface area contributed by atoms with Crippen molar-refractivity contribution in [3.8, 4) is 5.75 Å². The maximum Gasteiger partial charge on any atom is 0.122 e. The Hall–Kier alpha value is -1.06. The second kappa shape index (κ2) is 8.18. The van der Waals surface area contributed by atoms with Gasteiger partial charge >= 0.3 is 0 Å². The number of benzene rings is 1. The van der Waals surface area contributed by atoms with E-state index < -0.39 is 0 Å². The Morgan fingerprint density at radius 2 is 1.95 bits per heavy atom. The molecule has 1 unspecified atom stereocenters. The Bertz CT molecular complexity index is 391. The molecule has 0 saturated carbocycles. The van der Waals surface area contributed by atoms with Crippen LogP contribution < -0.4 is 10.1 Å². The first-order chi connectivity index (χ1) is 9.13. The summed E-state index contributed by atoms with van der Waals surface area (Å²) in [7, 11) is 3.74. The van der Waals surface area contributed by atoms with Crippen LogP contribution >= 0.6 is 0 Å². The zero-order chi connectivity index (χ0) is 14.3. The van der Waals surface area contributed by atoms with Gasteiger partial charge in [0.05, 0.1) is 7.11 Å². The summed E-state index contributed by atoms with van der Waals surface area (Å²) in [5, 5.41) is 3.40. The summed E-state index contributed by atoms with van der Waals surface area (Å²) in [6.07, 6.45) is 2.16. The van der Waals surface area contributed by atoms with Crippen molar-refractivity contribution in [2.24, 2.45) is 0 Å². The highest BCUT2D eigenvalue weighted by Crippen LogP contribution is 2.28. The number of rotatable bonds is 8. The van der Waals surface area contributed by atoms with Gasteiger partial charge in [-0.2, -0.15) is 0 Å². The molecular formula is C16H27NO2. The lowest BCUT2D eigenvalue weighted by atomic mass is 9.95. The van der Waals surface area contributed by atoms with Crippen molar-refractivity contribution >= 4 is 0 Å². The van der Waals surface area contributed by atoms with Crippen molar-refractivity contribution in [3.63, 3.8) is 0 Å². The molecule has 1 atom stereocenters. The van der Waals surface area contributed by atoms with Crippen molar-refractivity contribution in [1.82, 2.24) is 5.32 Å². The summed E-state index contributed by atoms with van der Waals surface area (Å²) < 4.78 is 10.8. The van der Waals surface area contributed by atoms with E-state index in [1.807, 2.05) is 14.0 Å². The molecule has 0 heterocycles. The fraction of sp³-hybridized carbons (Fsp3) is 0.625. The minimum absolute atomic E-state index is 0.380. The third-order valence-electron chi connectivity index (χ3n) is 3.49. The standard InChI is InChI=1S/C16H27NO2/c1-6-19-9-7-8-15(17-4)14-10-13(3)16(18-5)11-12(14)2/h10-11,15,17H,6-9H2,1-5H3. The van der Waals surface area contributed by atoms with Gasteiger partial charge in [-0.05, 0) is 63.4 Å². The summed E-state index contributed by atoms with van der Waals surface area (Å²) >= 11 is 0. The highest BCUT2D eigenvalue weighted by atomic mass is 16.5. The van der Waals surface area contributed by atoms with Crippen LogP contribution in [-0.4, -0.2) is 27.4 Å². The molecule has 0 saturated heterocycles. The normalized spacial score (nSPS) is 12.5. The molecule has 3 nitrogen and oxygen atoms in total. The molecular weight excluding hydrogens is 238 g/mol. The van der Waals surface area contributed by atoms with Gasteiger partial charge in [0.25, 0.3) is 0 Å². The van der Waals surface area contributed by atoms with Crippen molar-refractivity contribution in [1.29, 1.82) is 0 Å². The summed E-state index contributed by atoms with van der Waals surface area (Å²) in [5.74, 6) is 0.963. The highest BCUT2D eigenvalue weighted by Gasteiger charge is 2.13. The monoisotopic (exact) mass is 265 g/mol. The Kier molecular flexibility index (Phi) is 6.89. The fourth-order valence-electron chi connectivity index (χ4n) is 2.40. The van der Waals surface area contributed by atoms with E-state index in [0.717, 1.165) is 31.8 Å². The molecule has 1 N–H and O–H groups in total. The van der Waals surface area contributed by atoms with Crippen molar-refractivity contribution in [3.05, 3.63) is 28.8 Å². The third-order valence-corrected chi connectivity index (χ3v) is 3.49. The Morgan fingerprint density at radius 1 is 1.21 bits per heavy atom. The van der Waals surface area contributed by atoms with E-state index in [1.165, 1.54) is 16.7 Å². The molecule has 0 aromatic heterocycles. The zero-order valence-electron chi connectivity index (χ0n) is 12.9. The van der Waals surface area contributed by atoms with Crippen LogP contribution in [0.15, 0.2) is 12.1 Å². The van der Waals surface area contributed by atoms with Crippen molar-refractivity contribution in [2.75, 3.05) is 27.4 Å². The molecule has 1 aromatic carbocycles. The molecule has 108 valence electrons. The number of nitrogens with one attached hydrogen (secondary N) is 1. The average Bonchev–Trinajstić information content (AvgIpc) is 2.41. The molecule has 0 radical (unpaired) electrons. The van der Waals surface area contributed by atoms with Gasteiger partial charge in [-0.1, -0.05) is 6.07 Å². The van der Waals surface area contributed by atoms with Crippen molar-refractivity contribution in [2.45, 2.75) is 39.7 Å². The van der Waals surface area contributed by atoms with E-state index in [9.17, 15) is 0 Å². The van der Waals surface area contributed by atoms with Gasteiger partial charge in [0.15, 0.2) is 0 Å². The predicted molar refractivity (Wildman–Crippen MR) is 80.0 cm³/mol. The Balaban J connectivity index is 2.77. The molecule has 0 spiro atoms. The van der Waals surface area contributed by atoms with E-state index in [1.54, 1.807) is 7.11 Å². The smallest absolute Gasteiger partial charge is 0.122 e. The molecule has 0 aliphatic heterocycles. The van der Waals surface area contributed by atoms with Crippen molar-refractivity contribution < 1.29 is 9.47 Å². The zero-order valence-corrected chi connectivity index (χ0v) is 12.9. The van der Waals surface area contributed by atoms with E-state index in [2.05, 4.69) is 31.3 Å². The van der Waals surface area contributed by atoms with Gasteiger partial charge in [-0.15, -0.1) is 0 Å².